The Morgan fingerprint density at radius 1 is 1.00 bits per heavy atom. The highest BCUT2D eigenvalue weighted by molar-refractivity contribution is 5.81. The molecular weight excluding hydrogens is 440 g/mol. The number of benzene rings is 2. The van der Waals surface area contributed by atoms with Gasteiger partial charge in [-0.2, -0.15) is 0 Å². The second kappa shape index (κ2) is 10.6. The third-order valence-electron chi connectivity index (χ3n) is 7.10. The first-order valence-corrected chi connectivity index (χ1v) is 12.0. The number of hydrogen-bond acceptors (Lipinski definition) is 5. The zero-order valence-electron chi connectivity index (χ0n) is 21.8. The molecule has 0 radical (unpaired) electrons. The van der Waals surface area contributed by atoms with Crippen LogP contribution in [0.1, 0.15) is 52.0 Å². The van der Waals surface area contributed by atoms with Crippen molar-refractivity contribution >= 4 is 11.6 Å². The molecule has 0 saturated carbocycles. The Bertz CT molecular complexity index is 1070. The summed E-state index contributed by atoms with van der Waals surface area (Å²) in [6.07, 6.45) is 0.827. The van der Waals surface area contributed by atoms with E-state index in [9.17, 15) is 9.90 Å². The molecular formula is C29H38N2O4. The van der Waals surface area contributed by atoms with Gasteiger partial charge < -0.3 is 24.5 Å². The van der Waals surface area contributed by atoms with Crippen LogP contribution in [0.2, 0.25) is 0 Å². The maximum absolute atomic E-state index is 14.0. The number of amides is 1. The van der Waals surface area contributed by atoms with Gasteiger partial charge in [-0.1, -0.05) is 58.0 Å². The van der Waals surface area contributed by atoms with Crippen LogP contribution in [0, 0.1) is 11.3 Å². The number of carbonyl (C=O) groups is 1. The number of nitrogens with zero attached hydrogens (tertiary/aromatic N) is 1. The Morgan fingerprint density at radius 3 is 2.14 bits per heavy atom. The van der Waals surface area contributed by atoms with Crippen molar-refractivity contribution in [2.45, 2.75) is 52.3 Å². The molecule has 6 heteroatoms. The van der Waals surface area contributed by atoms with Crippen molar-refractivity contribution in [2.24, 2.45) is 11.3 Å². The fourth-order valence-electron chi connectivity index (χ4n) is 4.83. The molecule has 0 fully saturated rings. The van der Waals surface area contributed by atoms with Crippen molar-refractivity contribution in [3.63, 3.8) is 0 Å². The van der Waals surface area contributed by atoms with Gasteiger partial charge in [0, 0.05) is 12.7 Å². The molecule has 0 bridgehead atoms. The summed E-state index contributed by atoms with van der Waals surface area (Å²) < 4.78 is 11.3. The zero-order chi connectivity index (χ0) is 25.8. The molecule has 1 aromatic heterocycles. The number of rotatable bonds is 9. The number of carbonyl (C=O) groups excluding carboxylic acids is 1. The summed E-state index contributed by atoms with van der Waals surface area (Å²) in [7, 11) is 3.38. The van der Waals surface area contributed by atoms with E-state index in [1.165, 1.54) is 0 Å². The van der Waals surface area contributed by atoms with Crippen LogP contribution in [0.15, 0.2) is 77.4 Å². The number of hydrogen-bond donors (Lipinski definition) is 2. The highest BCUT2D eigenvalue weighted by Gasteiger charge is 2.53. The molecule has 1 amide bonds. The minimum absolute atomic E-state index is 0.0974. The first kappa shape index (κ1) is 26.4. The number of likely N-dealkylation sites (N-methyl/N-ethyl adjacent to an activating group) is 1. The fourth-order valence-corrected chi connectivity index (χ4v) is 4.83. The SMILES string of the molecule is COc1ccc(N[C@@](c2ccco2)([C@@H](C)C(=O)N(C)[C@@H](C)[C@@H](O)c2ccccc2)C(C)(C)C)cc1. The summed E-state index contributed by atoms with van der Waals surface area (Å²) in [6.45, 7) is 10.1. The third kappa shape index (κ3) is 5.22. The number of aliphatic hydroxyl groups excluding tert-OH is 1. The minimum Gasteiger partial charge on any atom is -0.497 e. The van der Waals surface area contributed by atoms with E-state index in [2.05, 4.69) is 26.1 Å². The van der Waals surface area contributed by atoms with Gasteiger partial charge in [-0.3, -0.25) is 4.79 Å². The Labute approximate surface area is 208 Å². The van der Waals surface area contributed by atoms with E-state index in [1.807, 2.05) is 80.6 Å². The van der Waals surface area contributed by atoms with Crippen LogP contribution < -0.4 is 10.1 Å². The number of nitrogens with one attached hydrogen (secondary N) is 1. The van der Waals surface area contributed by atoms with E-state index in [4.69, 9.17) is 9.15 Å². The Kier molecular flexibility index (Phi) is 7.96. The average molecular weight is 479 g/mol. The van der Waals surface area contributed by atoms with Crippen LogP contribution in [0.3, 0.4) is 0 Å². The molecule has 35 heavy (non-hydrogen) atoms. The maximum atomic E-state index is 14.0. The molecule has 0 aliphatic carbocycles. The predicted octanol–water partition coefficient (Wildman–Crippen LogP) is 5.86. The van der Waals surface area contributed by atoms with Gasteiger partial charge in [0.1, 0.15) is 17.0 Å². The predicted molar refractivity (Wildman–Crippen MR) is 139 cm³/mol. The lowest BCUT2D eigenvalue weighted by molar-refractivity contribution is -0.142. The largest absolute Gasteiger partial charge is 0.497 e. The number of aliphatic hydroxyl groups is 1. The van der Waals surface area contributed by atoms with Gasteiger partial charge in [-0.25, -0.2) is 0 Å². The van der Waals surface area contributed by atoms with Gasteiger partial charge in [0.2, 0.25) is 5.91 Å². The molecule has 0 unspecified atom stereocenters. The first-order chi connectivity index (χ1) is 16.5. The standard InChI is InChI=1S/C29H38N2O4/c1-20(27(33)31(6)21(2)26(32)22-12-9-8-10-13-22)29(28(3,4)5,25-14-11-19-35-25)30-23-15-17-24(34-7)18-16-23/h8-21,26,30,32H,1-7H3/t20-,21-,26+,29+/m0/s1. The van der Waals surface area contributed by atoms with Gasteiger partial charge in [-0.05, 0) is 54.3 Å². The Balaban J connectivity index is 2.00. The van der Waals surface area contributed by atoms with Crippen LogP contribution in [0.25, 0.3) is 0 Å². The Morgan fingerprint density at radius 2 is 1.63 bits per heavy atom. The van der Waals surface area contributed by atoms with E-state index >= 15 is 0 Å². The molecule has 3 rings (SSSR count). The summed E-state index contributed by atoms with van der Waals surface area (Å²) in [6, 6.07) is 20.4. The molecule has 1 heterocycles. The van der Waals surface area contributed by atoms with Crippen molar-refractivity contribution in [2.75, 3.05) is 19.5 Å². The summed E-state index contributed by atoms with van der Waals surface area (Å²) in [5.74, 6) is 0.791. The van der Waals surface area contributed by atoms with Crippen LogP contribution >= 0.6 is 0 Å². The van der Waals surface area contributed by atoms with Gasteiger partial charge in [0.05, 0.1) is 31.4 Å². The quantitative estimate of drug-likeness (QED) is 0.403. The smallest absolute Gasteiger partial charge is 0.228 e. The van der Waals surface area contributed by atoms with E-state index in [0.717, 1.165) is 17.0 Å². The molecule has 2 N–H and O–H groups in total. The highest BCUT2D eigenvalue weighted by atomic mass is 16.5. The number of methoxy groups -OCH3 is 1. The average Bonchev–Trinajstić information content (AvgIpc) is 3.40. The second-order valence-corrected chi connectivity index (χ2v) is 10.2. The molecule has 2 aromatic carbocycles. The van der Waals surface area contributed by atoms with Crippen LogP contribution in [-0.4, -0.2) is 36.1 Å². The summed E-state index contributed by atoms with van der Waals surface area (Å²) >= 11 is 0. The lowest BCUT2D eigenvalue weighted by Crippen LogP contribution is -2.57. The van der Waals surface area contributed by atoms with Crippen molar-refractivity contribution in [3.8, 4) is 5.75 Å². The minimum atomic E-state index is -0.881. The summed E-state index contributed by atoms with van der Waals surface area (Å²) in [4.78, 5) is 15.7. The van der Waals surface area contributed by atoms with Crippen molar-refractivity contribution in [1.82, 2.24) is 4.90 Å². The van der Waals surface area contributed by atoms with Gasteiger partial charge in [-0.15, -0.1) is 0 Å². The Hall–Kier alpha value is -3.25. The molecule has 0 aliphatic rings. The van der Waals surface area contributed by atoms with Crippen LogP contribution in [0.4, 0.5) is 5.69 Å². The lowest BCUT2D eigenvalue weighted by Gasteiger charge is -2.49. The fraction of sp³-hybridized carbons (Fsp3) is 0.414. The molecule has 6 nitrogen and oxygen atoms in total. The monoisotopic (exact) mass is 478 g/mol. The maximum Gasteiger partial charge on any atom is 0.228 e. The van der Waals surface area contributed by atoms with Crippen LogP contribution in [-0.2, 0) is 10.3 Å². The van der Waals surface area contributed by atoms with E-state index in [-0.39, 0.29) is 5.91 Å². The number of anilines is 1. The van der Waals surface area contributed by atoms with Gasteiger partial charge in [0.25, 0.3) is 0 Å². The highest BCUT2D eigenvalue weighted by Crippen LogP contribution is 2.48. The summed E-state index contributed by atoms with van der Waals surface area (Å²) in [5, 5.41) is 14.6. The molecule has 188 valence electrons. The van der Waals surface area contributed by atoms with E-state index in [0.29, 0.717) is 5.76 Å². The molecule has 3 aromatic rings. The number of furan rings is 1. The van der Waals surface area contributed by atoms with E-state index in [1.54, 1.807) is 25.3 Å². The molecule has 0 spiro atoms. The van der Waals surface area contributed by atoms with Gasteiger partial charge in [0.15, 0.2) is 0 Å². The molecule has 4 atom stereocenters. The van der Waals surface area contributed by atoms with Crippen molar-refractivity contribution in [3.05, 3.63) is 84.3 Å². The molecule has 0 aliphatic heterocycles. The third-order valence-corrected chi connectivity index (χ3v) is 7.10. The van der Waals surface area contributed by atoms with E-state index < -0.39 is 29.0 Å². The summed E-state index contributed by atoms with van der Waals surface area (Å²) in [5.41, 5.74) is 0.309. The zero-order valence-corrected chi connectivity index (χ0v) is 21.8. The second-order valence-electron chi connectivity index (χ2n) is 10.2. The van der Waals surface area contributed by atoms with Crippen molar-refractivity contribution in [1.29, 1.82) is 0 Å². The topological polar surface area (TPSA) is 74.9 Å². The lowest BCUT2D eigenvalue weighted by atomic mass is 9.64. The van der Waals surface area contributed by atoms with Crippen LogP contribution in [0.5, 0.6) is 5.75 Å². The van der Waals surface area contributed by atoms with Crippen molar-refractivity contribution < 1.29 is 19.1 Å². The number of ether oxygens (including phenoxy) is 1. The first-order valence-electron chi connectivity index (χ1n) is 12.0. The van der Waals surface area contributed by atoms with Gasteiger partial charge >= 0.3 is 0 Å². The molecule has 0 saturated heterocycles. The normalized spacial score (nSPS) is 16.0.